The Balaban J connectivity index is 2.75. The second-order valence-corrected chi connectivity index (χ2v) is 7.72. The van der Waals surface area contributed by atoms with E-state index in [4.69, 9.17) is 0 Å². The van der Waals surface area contributed by atoms with Gasteiger partial charge in [0.1, 0.15) is 0 Å². The molecule has 1 aliphatic heterocycles. The van der Waals surface area contributed by atoms with E-state index in [2.05, 4.69) is 20.8 Å². The van der Waals surface area contributed by atoms with Crippen molar-refractivity contribution in [2.45, 2.75) is 52.5 Å². The van der Waals surface area contributed by atoms with Gasteiger partial charge < -0.3 is 0 Å². The van der Waals surface area contributed by atoms with Gasteiger partial charge in [0.2, 0.25) is 10.0 Å². The van der Waals surface area contributed by atoms with E-state index in [1.165, 1.54) is 6.26 Å². The molecule has 0 aliphatic carbocycles. The predicted octanol–water partition coefficient (Wildman–Crippen LogP) is 2.24. The number of sulfonamides is 1. The van der Waals surface area contributed by atoms with Gasteiger partial charge >= 0.3 is 0 Å². The molecule has 0 spiro atoms. The Labute approximate surface area is 93.9 Å². The van der Waals surface area contributed by atoms with Crippen LogP contribution in [0.4, 0.5) is 0 Å². The van der Waals surface area contributed by atoms with Crippen molar-refractivity contribution in [2.75, 3.05) is 12.8 Å². The van der Waals surface area contributed by atoms with Crippen molar-refractivity contribution >= 4 is 10.0 Å². The van der Waals surface area contributed by atoms with Crippen LogP contribution in [0.15, 0.2) is 0 Å². The lowest BCUT2D eigenvalue weighted by Crippen LogP contribution is -2.44. The van der Waals surface area contributed by atoms with E-state index >= 15 is 0 Å². The highest BCUT2D eigenvalue weighted by Crippen LogP contribution is 2.30. The van der Waals surface area contributed by atoms with Crippen LogP contribution in [0.1, 0.15) is 46.5 Å². The van der Waals surface area contributed by atoms with Crippen LogP contribution in [-0.4, -0.2) is 31.6 Å². The molecule has 1 saturated heterocycles. The van der Waals surface area contributed by atoms with Crippen molar-refractivity contribution in [1.82, 2.24) is 4.31 Å². The maximum absolute atomic E-state index is 11.6. The summed E-state index contributed by atoms with van der Waals surface area (Å²) in [6.07, 6.45) is 5.47. The molecule has 1 rings (SSSR count). The van der Waals surface area contributed by atoms with Crippen molar-refractivity contribution in [3.05, 3.63) is 0 Å². The zero-order chi connectivity index (χ0) is 11.7. The second kappa shape index (κ2) is 4.42. The Kier molecular flexibility index (Phi) is 3.82. The molecule has 1 fully saturated rings. The van der Waals surface area contributed by atoms with E-state index in [-0.39, 0.29) is 11.5 Å². The summed E-state index contributed by atoms with van der Waals surface area (Å²) in [5.74, 6) is 0. The summed E-state index contributed by atoms with van der Waals surface area (Å²) in [6.45, 7) is 7.21. The smallest absolute Gasteiger partial charge is 0.211 e. The Morgan fingerprint density at radius 2 is 1.87 bits per heavy atom. The summed E-state index contributed by atoms with van der Waals surface area (Å²) in [5, 5.41) is 0. The number of nitrogens with zero attached hydrogens (tertiary/aromatic N) is 1. The second-order valence-electron chi connectivity index (χ2n) is 5.79. The van der Waals surface area contributed by atoms with E-state index in [0.717, 1.165) is 25.7 Å². The van der Waals surface area contributed by atoms with Crippen LogP contribution in [0.2, 0.25) is 0 Å². The maximum atomic E-state index is 11.6. The van der Waals surface area contributed by atoms with Gasteiger partial charge in [-0.15, -0.1) is 0 Å². The average molecular weight is 233 g/mol. The van der Waals surface area contributed by atoms with Gasteiger partial charge in [0.05, 0.1) is 6.26 Å². The SMILES string of the molecule is CC(C)(C)CC1CCCCN1S(C)(=O)=O. The summed E-state index contributed by atoms with van der Waals surface area (Å²) >= 11 is 0. The molecule has 1 unspecified atom stereocenters. The average Bonchev–Trinajstić information content (AvgIpc) is 1.99. The standard InChI is InChI=1S/C11H23NO2S/c1-11(2,3)9-10-7-5-6-8-12(10)15(4,13)14/h10H,5-9H2,1-4H3. The van der Waals surface area contributed by atoms with Crippen molar-refractivity contribution < 1.29 is 8.42 Å². The molecule has 1 atom stereocenters. The first-order valence-corrected chi connectivity index (χ1v) is 7.52. The lowest BCUT2D eigenvalue weighted by Gasteiger charge is -2.37. The highest BCUT2D eigenvalue weighted by Gasteiger charge is 2.31. The first-order chi connectivity index (χ1) is 6.70. The molecule has 0 aromatic heterocycles. The summed E-state index contributed by atoms with van der Waals surface area (Å²) in [7, 11) is -3.01. The van der Waals surface area contributed by atoms with Crippen molar-refractivity contribution in [2.24, 2.45) is 5.41 Å². The highest BCUT2D eigenvalue weighted by atomic mass is 32.2. The quantitative estimate of drug-likeness (QED) is 0.733. The molecular formula is C11H23NO2S. The number of piperidine rings is 1. The van der Waals surface area contributed by atoms with E-state index in [9.17, 15) is 8.42 Å². The van der Waals surface area contributed by atoms with Gasteiger partial charge in [-0.25, -0.2) is 8.42 Å². The number of hydrogen-bond donors (Lipinski definition) is 0. The fourth-order valence-electron chi connectivity index (χ4n) is 2.32. The Bertz CT molecular complexity index is 303. The van der Waals surface area contributed by atoms with Crippen molar-refractivity contribution in [3.63, 3.8) is 0 Å². The molecule has 0 radical (unpaired) electrons. The van der Waals surface area contributed by atoms with Gasteiger partial charge in [-0.1, -0.05) is 27.2 Å². The van der Waals surface area contributed by atoms with Crippen LogP contribution in [0.25, 0.3) is 0 Å². The van der Waals surface area contributed by atoms with E-state index in [1.807, 2.05) is 0 Å². The first kappa shape index (κ1) is 13.0. The van der Waals surface area contributed by atoms with Crippen LogP contribution in [0.3, 0.4) is 0 Å². The minimum atomic E-state index is -3.01. The zero-order valence-corrected chi connectivity index (χ0v) is 11.1. The van der Waals surface area contributed by atoms with Gasteiger partial charge in [0.25, 0.3) is 0 Å². The van der Waals surface area contributed by atoms with Gasteiger partial charge in [-0.05, 0) is 24.7 Å². The molecule has 15 heavy (non-hydrogen) atoms. The third-order valence-electron chi connectivity index (χ3n) is 2.85. The molecule has 1 heterocycles. The summed E-state index contributed by atoms with van der Waals surface area (Å²) < 4.78 is 24.9. The minimum Gasteiger partial charge on any atom is -0.212 e. The van der Waals surface area contributed by atoms with Crippen LogP contribution in [0, 0.1) is 5.41 Å². The van der Waals surface area contributed by atoms with Crippen LogP contribution in [-0.2, 0) is 10.0 Å². The van der Waals surface area contributed by atoms with Crippen LogP contribution < -0.4 is 0 Å². The maximum Gasteiger partial charge on any atom is 0.211 e. The Morgan fingerprint density at radius 3 is 2.33 bits per heavy atom. The molecule has 0 aromatic rings. The van der Waals surface area contributed by atoms with Gasteiger partial charge in [0.15, 0.2) is 0 Å². The molecule has 0 aromatic carbocycles. The summed E-state index contributed by atoms with van der Waals surface area (Å²) in [6, 6.07) is 0.216. The van der Waals surface area contributed by atoms with Crippen LogP contribution in [0.5, 0.6) is 0 Å². The minimum absolute atomic E-state index is 0.199. The lowest BCUT2D eigenvalue weighted by molar-refractivity contribution is 0.189. The molecule has 0 N–H and O–H groups in total. The fraction of sp³-hybridized carbons (Fsp3) is 1.00. The lowest BCUT2D eigenvalue weighted by atomic mass is 9.85. The summed E-state index contributed by atoms with van der Waals surface area (Å²) in [4.78, 5) is 0. The van der Waals surface area contributed by atoms with Crippen LogP contribution >= 0.6 is 0 Å². The third-order valence-corrected chi connectivity index (χ3v) is 4.18. The topological polar surface area (TPSA) is 37.4 Å². The molecule has 1 aliphatic rings. The first-order valence-electron chi connectivity index (χ1n) is 5.67. The van der Waals surface area contributed by atoms with Gasteiger partial charge in [-0.2, -0.15) is 4.31 Å². The predicted molar refractivity (Wildman–Crippen MR) is 63.3 cm³/mol. The Morgan fingerprint density at radius 1 is 1.27 bits per heavy atom. The van der Waals surface area contributed by atoms with E-state index in [1.54, 1.807) is 4.31 Å². The molecule has 3 nitrogen and oxygen atoms in total. The molecule has 90 valence electrons. The number of rotatable bonds is 2. The highest BCUT2D eigenvalue weighted by molar-refractivity contribution is 7.88. The monoisotopic (exact) mass is 233 g/mol. The van der Waals surface area contributed by atoms with Gasteiger partial charge in [-0.3, -0.25) is 0 Å². The molecule has 0 bridgehead atoms. The third kappa shape index (κ3) is 4.11. The molecular weight excluding hydrogens is 210 g/mol. The normalized spacial score (nSPS) is 25.5. The summed E-state index contributed by atoms with van der Waals surface area (Å²) in [5.41, 5.74) is 0.199. The largest absolute Gasteiger partial charge is 0.212 e. The molecule has 0 amide bonds. The zero-order valence-electron chi connectivity index (χ0n) is 10.3. The molecule has 4 heteroatoms. The van der Waals surface area contributed by atoms with Crippen molar-refractivity contribution in [1.29, 1.82) is 0 Å². The van der Waals surface area contributed by atoms with Crippen molar-refractivity contribution in [3.8, 4) is 0 Å². The Hall–Kier alpha value is -0.0900. The van der Waals surface area contributed by atoms with E-state index < -0.39 is 10.0 Å². The number of hydrogen-bond acceptors (Lipinski definition) is 2. The fourth-order valence-corrected chi connectivity index (χ4v) is 3.50. The van der Waals surface area contributed by atoms with E-state index in [0.29, 0.717) is 6.54 Å². The molecule has 0 saturated carbocycles. The van der Waals surface area contributed by atoms with Gasteiger partial charge in [0, 0.05) is 12.6 Å².